The summed E-state index contributed by atoms with van der Waals surface area (Å²) < 4.78 is 0. The van der Waals surface area contributed by atoms with E-state index >= 15 is 0 Å². The fourth-order valence-corrected chi connectivity index (χ4v) is 4.16. The van der Waals surface area contributed by atoms with Gasteiger partial charge in [-0.1, -0.05) is 49.6 Å². The van der Waals surface area contributed by atoms with Crippen LogP contribution < -0.4 is 5.32 Å². The highest BCUT2D eigenvalue weighted by molar-refractivity contribution is 5.26. The van der Waals surface area contributed by atoms with E-state index in [0.717, 1.165) is 6.04 Å². The third kappa shape index (κ3) is 3.87. The lowest BCUT2D eigenvalue weighted by molar-refractivity contribution is 0.171. The van der Waals surface area contributed by atoms with Gasteiger partial charge < -0.3 is 10.2 Å². The van der Waals surface area contributed by atoms with Crippen LogP contribution in [0.1, 0.15) is 56.1 Å². The van der Waals surface area contributed by atoms with E-state index in [2.05, 4.69) is 48.3 Å². The minimum atomic E-state index is 0.673. The molecule has 1 aliphatic carbocycles. The Morgan fingerprint density at radius 3 is 2.67 bits per heavy atom. The van der Waals surface area contributed by atoms with E-state index in [1.165, 1.54) is 62.9 Å². The topological polar surface area (TPSA) is 15.3 Å². The third-order valence-electron chi connectivity index (χ3n) is 5.31. The summed E-state index contributed by atoms with van der Waals surface area (Å²) in [6.45, 7) is 8.13. The van der Waals surface area contributed by atoms with E-state index in [9.17, 15) is 0 Å². The highest BCUT2D eigenvalue weighted by Crippen LogP contribution is 2.29. The van der Waals surface area contributed by atoms with Gasteiger partial charge in [-0.3, -0.25) is 0 Å². The molecule has 0 spiro atoms. The zero-order valence-electron chi connectivity index (χ0n) is 13.6. The van der Waals surface area contributed by atoms with Crippen LogP contribution in [0, 0.1) is 6.92 Å². The highest BCUT2D eigenvalue weighted by Gasteiger charge is 2.29. The van der Waals surface area contributed by atoms with Gasteiger partial charge in [0.1, 0.15) is 0 Å². The van der Waals surface area contributed by atoms with Crippen molar-refractivity contribution in [2.75, 3.05) is 19.6 Å². The van der Waals surface area contributed by atoms with Gasteiger partial charge in [-0.25, -0.2) is 0 Å². The maximum atomic E-state index is 3.95. The number of nitrogens with zero attached hydrogens (tertiary/aromatic N) is 1. The first-order chi connectivity index (χ1) is 10.2. The van der Waals surface area contributed by atoms with Gasteiger partial charge in [-0.2, -0.15) is 0 Å². The summed E-state index contributed by atoms with van der Waals surface area (Å²) in [5, 5.41) is 3.95. The molecule has 2 heteroatoms. The molecule has 1 heterocycles. The lowest BCUT2D eigenvalue weighted by Gasteiger charge is -2.39. The van der Waals surface area contributed by atoms with Crippen LogP contribution in [0.3, 0.4) is 0 Å². The number of likely N-dealkylation sites (N-methyl/N-ethyl adjacent to an activating group) is 1. The van der Waals surface area contributed by atoms with Gasteiger partial charge >= 0.3 is 0 Å². The molecular weight excluding hydrogens is 256 g/mol. The first-order valence-electron chi connectivity index (χ1n) is 8.79. The van der Waals surface area contributed by atoms with Gasteiger partial charge in [0.25, 0.3) is 0 Å². The van der Waals surface area contributed by atoms with Crippen molar-refractivity contribution in [3.8, 4) is 0 Å². The smallest absolute Gasteiger partial charge is 0.0203 e. The predicted molar refractivity (Wildman–Crippen MR) is 89.8 cm³/mol. The molecule has 3 rings (SSSR count). The van der Waals surface area contributed by atoms with Crippen molar-refractivity contribution in [3.63, 3.8) is 0 Å². The molecule has 2 unspecified atom stereocenters. The molecule has 0 amide bonds. The summed E-state index contributed by atoms with van der Waals surface area (Å²) in [7, 11) is 0. The Kier molecular flexibility index (Phi) is 4.97. The number of hydrogen-bond acceptors (Lipinski definition) is 2. The quantitative estimate of drug-likeness (QED) is 0.908. The molecule has 0 aromatic heterocycles. The minimum absolute atomic E-state index is 0.673. The molecule has 2 nitrogen and oxygen atoms in total. The number of benzene rings is 1. The largest absolute Gasteiger partial charge is 0.310 e. The zero-order chi connectivity index (χ0) is 14.7. The van der Waals surface area contributed by atoms with Crippen LogP contribution in [0.25, 0.3) is 0 Å². The monoisotopic (exact) mass is 286 g/mol. The summed E-state index contributed by atoms with van der Waals surface area (Å²) in [6.07, 6.45) is 6.91. The van der Waals surface area contributed by atoms with E-state index < -0.39 is 0 Å². The van der Waals surface area contributed by atoms with E-state index in [4.69, 9.17) is 0 Å². The summed E-state index contributed by atoms with van der Waals surface area (Å²) in [6, 6.07) is 10.6. The summed E-state index contributed by atoms with van der Waals surface area (Å²) >= 11 is 0. The van der Waals surface area contributed by atoms with Crippen LogP contribution in [0.4, 0.5) is 0 Å². The Labute approximate surface area is 129 Å². The van der Waals surface area contributed by atoms with Gasteiger partial charge in [-0.05, 0) is 44.2 Å². The molecule has 1 N–H and O–H groups in total. The summed E-state index contributed by atoms with van der Waals surface area (Å²) in [5.74, 6) is 0.692. The maximum Gasteiger partial charge on any atom is 0.0203 e. The lowest BCUT2D eigenvalue weighted by Crippen LogP contribution is -2.50. The van der Waals surface area contributed by atoms with Crippen molar-refractivity contribution in [2.24, 2.45) is 0 Å². The molecule has 1 saturated carbocycles. The van der Waals surface area contributed by atoms with Crippen molar-refractivity contribution in [1.29, 1.82) is 0 Å². The number of aryl methyl sites for hydroxylation is 1. The fourth-order valence-electron chi connectivity index (χ4n) is 4.16. The summed E-state index contributed by atoms with van der Waals surface area (Å²) in [5.41, 5.74) is 2.92. The first-order valence-corrected chi connectivity index (χ1v) is 8.79. The average molecular weight is 286 g/mol. The van der Waals surface area contributed by atoms with Gasteiger partial charge in [0.2, 0.25) is 0 Å². The standard InChI is InChI=1S/C19H30N2/c1-3-21-13-17(16-8-6-7-15(2)11-16)12-19(14-21)20-18-9-4-5-10-18/h6-8,11,17-20H,3-5,9-10,12-14H2,1-2H3. The molecule has 2 atom stereocenters. The molecule has 2 fully saturated rings. The zero-order valence-corrected chi connectivity index (χ0v) is 13.6. The molecule has 1 aromatic carbocycles. The van der Waals surface area contributed by atoms with E-state index in [1.807, 2.05) is 0 Å². The Hall–Kier alpha value is -0.860. The molecule has 21 heavy (non-hydrogen) atoms. The first kappa shape index (κ1) is 15.1. The van der Waals surface area contributed by atoms with Gasteiger partial charge in [0.15, 0.2) is 0 Å². The summed E-state index contributed by atoms with van der Waals surface area (Å²) in [4.78, 5) is 2.63. The lowest BCUT2D eigenvalue weighted by atomic mass is 9.87. The van der Waals surface area contributed by atoms with Crippen LogP contribution >= 0.6 is 0 Å². The van der Waals surface area contributed by atoms with E-state index in [0.29, 0.717) is 12.0 Å². The average Bonchev–Trinajstić information content (AvgIpc) is 3.00. The van der Waals surface area contributed by atoms with Crippen molar-refractivity contribution in [3.05, 3.63) is 35.4 Å². The molecule has 1 aromatic rings. The number of rotatable bonds is 4. The van der Waals surface area contributed by atoms with Crippen LogP contribution in [0.5, 0.6) is 0 Å². The molecular formula is C19H30N2. The Morgan fingerprint density at radius 2 is 1.95 bits per heavy atom. The van der Waals surface area contributed by atoms with Crippen LogP contribution in [-0.4, -0.2) is 36.6 Å². The fraction of sp³-hybridized carbons (Fsp3) is 0.684. The predicted octanol–water partition coefficient (Wildman–Crippen LogP) is 3.71. The second kappa shape index (κ2) is 6.93. The molecule has 1 saturated heterocycles. The van der Waals surface area contributed by atoms with E-state index in [1.54, 1.807) is 0 Å². The Bertz CT molecular complexity index is 451. The van der Waals surface area contributed by atoms with Crippen LogP contribution in [-0.2, 0) is 0 Å². The van der Waals surface area contributed by atoms with Crippen molar-refractivity contribution in [2.45, 2.75) is 64.0 Å². The van der Waals surface area contributed by atoms with Gasteiger partial charge in [0, 0.05) is 25.2 Å². The normalized spacial score (nSPS) is 28.1. The number of nitrogens with one attached hydrogen (secondary N) is 1. The maximum absolute atomic E-state index is 3.95. The second-order valence-electron chi connectivity index (χ2n) is 7.04. The van der Waals surface area contributed by atoms with E-state index in [-0.39, 0.29) is 0 Å². The van der Waals surface area contributed by atoms with Gasteiger partial charge in [-0.15, -0.1) is 0 Å². The van der Waals surface area contributed by atoms with Crippen molar-refractivity contribution in [1.82, 2.24) is 10.2 Å². The number of hydrogen-bond donors (Lipinski definition) is 1. The molecule has 1 aliphatic heterocycles. The SMILES string of the molecule is CCN1CC(NC2CCCC2)CC(c2cccc(C)c2)C1. The molecule has 0 radical (unpaired) electrons. The van der Waals surface area contributed by atoms with Crippen LogP contribution in [0.15, 0.2) is 24.3 Å². The Morgan fingerprint density at radius 1 is 1.14 bits per heavy atom. The van der Waals surface area contributed by atoms with Crippen molar-refractivity contribution >= 4 is 0 Å². The van der Waals surface area contributed by atoms with Gasteiger partial charge in [0.05, 0.1) is 0 Å². The second-order valence-corrected chi connectivity index (χ2v) is 7.04. The molecule has 116 valence electrons. The molecule has 2 aliphatic rings. The third-order valence-corrected chi connectivity index (χ3v) is 5.31. The molecule has 0 bridgehead atoms. The number of piperidine rings is 1. The van der Waals surface area contributed by atoms with Crippen molar-refractivity contribution < 1.29 is 0 Å². The Balaban J connectivity index is 1.68. The van der Waals surface area contributed by atoms with Crippen LogP contribution in [0.2, 0.25) is 0 Å². The number of likely N-dealkylation sites (tertiary alicyclic amines) is 1. The minimum Gasteiger partial charge on any atom is -0.310 e. The highest BCUT2D eigenvalue weighted by atomic mass is 15.2.